The molecule has 4 heterocycles. The van der Waals surface area contributed by atoms with E-state index in [1.165, 1.54) is 12.8 Å². The first-order valence-electron chi connectivity index (χ1n) is 14.6. The van der Waals surface area contributed by atoms with Gasteiger partial charge in [-0.2, -0.15) is 0 Å². The lowest BCUT2D eigenvalue weighted by Crippen LogP contribution is -2.83. The van der Waals surface area contributed by atoms with Crippen LogP contribution in [0.5, 0.6) is 0 Å². The molecule has 2 amide bonds. The standard InChI is InChI=1S/2C13H24N2O2.C2H2O4/c2*1-12(2,3)17-11(16)15-9-5-4-6-13(15)7-8-14-10-13;3-1(4)2(5)6/h2*14H,4-10H2,1-3H3;(H,3,4)(H,5,6). The van der Waals surface area contributed by atoms with E-state index in [0.29, 0.717) is 0 Å². The van der Waals surface area contributed by atoms with Crippen molar-refractivity contribution >= 4 is 24.1 Å². The summed E-state index contributed by atoms with van der Waals surface area (Å²) in [7, 11) is 0. The lowest BCUT2D eigenvalue weighted by atomic mass is 9.86. The molecular weight excluding hydrogens is 520 g/mol. The van der Waals surface area contributed by atoms with Gasteiger partial charge in [0, 0.05) is 25.9 Å². The van der Waals surface area contributed by atoms with Gasteiger partial charge in [-0.1, -0.05) is 0 Å². The highest BCUT2D eigenvalue weighted by Crippen LogP contribution is 2.34. The van der Waals surface area contributed by atoms with Crippen molar-refractivity contribution in [3.05, 3.63) is 0 Å². The maximum Gasteiger partial charge on any atom is 0.410 e. The molecule has 12 nitrogen and oxygen atoms in total. The zero-order valence-corrected chi connectivity index (χ0v) is 25.2. The summed E-state index contributed by atoms with van der Waals surface area (Å²) in [6.45, 7) is 17.7. The molecule has 2 unspecified atom stereocenters. The summed E-state index contributed by atoms with van der Waals surface area (Å²) in [6, 6.07) is 0. The number of carboxylic acids is 2. The molecule has 4 rings (SSSR count). The fourth-order valence-electron chi connectivity index (χ4n) is 6.03. The second-order valence-electron chi connectivity index (χ2n) is 13.3. The Morgan fingerprint density at radius 2 is 0.975 bits per heavy atom. The largest absolute Gasteiger partial charge is 0.543 e. The molecule has 2 spiro atoms. The number of aliphatic carboxylic acids is 2. The molecule has 0 bridgehead atoms. The minimum atomic E-state index is -2.19. The van der Waals surface area contributed by atoms with E-state index in [1.807, 2.05) is 51.3 Å². The predicted octanol–water partition coefficient (Wildman–Crippen LogP) is -1.29. The van der Waals surface area contributed by atoms with E-state index in [0.717, 1.165) is 77.8 Å². The van der Waals surface area contributed by atoms with Crippen LogP contribution in [0, 0.1) is 0 Å². The number of hydrogen-bond acceptors (Lipinski definition) is 8. The van der Waals surface area contributed by atoms with Crippen molar-refractivity contribution in [1.29, 1.82) is 0 Å². The zero-order valence-electron chi connectivity index (χ0n) is 25.2. The second-order valence-corrected chi connectivity index (χ2v) is 13.3. The molecule has 2 atom stereocenters. The summed E-state index contributed by atoms with van der Waals surface area (Å²) in [5.41, 5.74) is -0.614. The molecule has 0 aliphatic carbocycles. The summed E-state index contributed by atoms with van der Waals surface area (Å²) in [4.78, 5) is 46.4. The first-order chi connectivity index (χ1) is 18.5. The molecule has 0 radical (unpaired) electrons. The van der Waals surface area contributed by atoms with Gasteiger partial charge in [-0.05, 0) is 80.1 Å². The molecule has 0 aromatic carbocycles. The van der Waals surface area contributed by atoms with E-state index in [9.17, 15) is 9.59 Å². The fourth-order valence-corrected chi connectivity index (χ4v) is 6.03. The second kappa shape index (κ2) is 13.8. The number of carbonyl (C=O) groups is 4. The van der Waals surface area contributed by atoms with Crippen LogP contribution >= 0.6 is 0 Å². The maximum absolute atomic E-state index is 12.3. The highest BCUT2D eigenvalue weighted by atomic mass is 16.6. The van der Waals surface area contributed by atoms with Gasteiger partial charge in [-0.25, -0.2) is 9.59 Å². The summed E-state index contributed by atoms with van der Waals surface area (Å²) < 4.78 is 11.1. The van der Waals surface area contributed by atoms with E-state index >= 15 is 0 Å². The average Bonchev–Trinajstić information content (AvgIpc) is 3.49. The molecule has 0 aromatic heterocycles. The van der Waals surface area contributed by atoms with Crippen molar-refractivity contribution in [2.24, 2.45) is 0 Å². The third-order valence-electron chi connectivity index (χ3n) is 7.76. The van der Waals surface area contributed by atoms with Gasteiger partial charge in [-0.3, -0.25) is 9.80 Å². The zero-order chi connectivity index (χ0) is 30.2. The molecule has 4 aliphatic rings. The maximum atomic E-state index is 12.3. The van der Waals surface area contributed by atoms with Gasteiger partial charge in [0.15, 0.2) is 0 Å². The number of carboxylic acid groups (broad SMARTS) is 2. The molecule has 4 saturated heterocycles. The fraction of sp³-hybridized carbons (Fsp3) is 0.857. The summed E-state index contributed by atoms with van der Waals surface area (Å²) in [5, 5.41) is 22.5. The minimum absolute atomic E-state index is 0.0839. The van der Waals surface area contributed by atoms with Crippen LogP contribution in [0.4, 0.5) is 9.59 Å². The van der Waals surface area contributed by atoms with E-state index in [1.54, 1.807) is 0 Å². The van der Waals surface area contributed by atoms with Gasteiger partial charge < -0.3 is 39.9 Å². The molecule has 40 heavy (non-hydrogen) atoms. The number of hydrogen-bond donors (Lipinski definition) is 2. The topological polar surface area (TPSA) is 173 Å². The predicted molar refractivity (Wildman–Crippen MR) is 142 cm³/mol. The van der Waals surface area contributed by atoms with E-state index < -0.39 is 23.1 Å². The van der Waals surface area contributed by atoms with Crippen molar-refractivity contribution in [2.75, 3.05) is 39.3 Å². The lowest BCUT2D eigenvalue weighted by Gasteiger charge is -2.42. The number of piperidine rings is 2. The number of carbonyl (C=O) groups excluding carboxylic acids is 4. The number of quaternary nitrogens is 2. The van der Waals surface area contributed by atoms with E-state index in [4.69, 9.17) is 29.3 Å². The number of nitrogens with two attached hydrogens (primary N) is 2. The van der Waals surface area contributed by atoms with Gasteiger partial charge in [0.05, 0.1) is 38.1 Å². The minimum Gasteiger partial charge on any atom is -0.543 e. The van der Waals surface area contributed by atoms with Crippen molar-refractivity contribution < 1.29 is 49.5 Å². The van der Waals surface area contributed by atoms with Crippen LogP contribution in [0.3, 0.4) is 0 Å². The normalized spacial score (nSPS) is 26.4. The van der Waals surface area contributed by atoms with Crippen molar-refractivity contribution in [3.63, 3.8) is 0 Å². The third-order valence-corrected chi connectivity index (χ3v) is 7.76. The van der Waals surface area contributed by atoms with Gasteiger partial charge in [0.1, 0.15) is 22.3 Å². The molecule has 4 aliphatic heterocycles. The van der Waals surface area contributed by atoms with Crippen molar-refractivity contribution in [1.82, 2.24) is 9.80 Å². The SMILES string of the molecule is CC(C)(C)OC(=O)N1CCCCC12CC[NH2+]C2.CC(C)(C)OC(=O)N1CCCCC12CC[NH2+]C2.O=C([O-])C(=O)[O-]. The van der Waals surface area contributed by atoms with Gasteiger partial charge in [-0.15, -0.1) is 0 Å². The van der Waals surface area contributed by atoms with E-state index in [-0.39, 0.29) is 23.3 Å². The van der Waals surface area contributed by atoms with E-state index in [2.05, 4.69) is 10.6 Å². The number of amides is 2. The molecule has 12 heteroatoms. The van der Waals surface area contributed by atoms with Gasteiger partial charge >= 0.3 is 12.2 Å². The van der Waals surface area contributed by atoms with Crippen LogP contribution in [0.25, 0.3) is 0 Å². The summed E-state index contributed by atoms with van der Waals surface area (Å²) in [5.74, 6) is -4.37. The number of rotatable bonds is 0. The average molecular weight is 571 g/mol. The number of ether oxygens (including phenoxy) is 2. The highest BCUT2D eigenvalue weighted by molar-refractivity contribution is 6.25. The summed E-state index contributed by atoms with van der Waals surface area (Å²) >= 11 is 0. The van der Waals surface area contributed by atoms with Crippen LogP contribution < -0.4 is 20.8 Å². The number of likely N-dealkylation sites (tertiary alicyclic amines) is 2. The Bertz CT molecular complexity index is 812. The first kappa shape index (κ1) is 33.6. The lowest BCUT2D eigenvalue weighted by molar-refractivity contribution is -0.640. The molecule has 4 fully saturated rings. The first-order valence-corrected chi connectivity index (χ1v) is 14.6. The van der Waals surface area contributed by atoms with Crippen LogP contribution in [-0.2, 0) is 19.1 Å². The molecule has 0 saturated carbocycles. The Morgan fingerprint density at radius 1 is 0.625 bits per heavy atom. The quantitative estimate of drug-likeness (QED) is 0.339. The third kappa shape index (κ3) is 9.79. The Kier molecular flexibility index (Phi) is 11.6. The Balaban J connectivity index is 0.000000234. The Labute approximate surface area is 238 Å². The monoisotopic (exact) mass is 570 g/mol. The van der Waals surface area contributed by atoms with Crippen LogP contribution in [0.1, 0.15) is 92.9 Å². The van der Waals surface area contributed by atoms with Crippen molar-refractivity contribution in [3.8, 4) is 0 Å². The van der Waals surface area contributed by atoms with Gasteiger partial charge in [0.2, 0.25) is 0 Å². The van der Waals surface area contributed by atoms with Gasteiger partial charge in [0.25, 0.3) is 0 Å². The number of nitrogens with zero attached hydrogens (tertiary/aromatic N) is 2. The Morgan fingerprint density at radius 3 is 1.23 bits per heavy atom. The Hall–Kier alpha value is -2.60. The van der Waals surface area contributed by atoms with Crippen LogP contribution in [0.15, 0.2) is 0 Å². The van der Waals surface area contributed by atoms with Crippen LogP contribution in [-0.4, -0.2) is 95.5 Å². The van der Waals surface area contributed by atoms with Crippen molar-refractivity contribution in [2.45, 2.75) is 115 Å². The smallest absolute Gasteiger partial charge is 0.410 e. The van der Waals surface area contributed by atoms with Crippen LogP contribution in [0.2, 0.25) is 0 Å². The molecule has 0 aromatic rings. The molecule has 230 valence electrons. The summed E-state index contributed by atoms with van der Waals surface area (Å²) in [6.07, 6.45) is 8.99. The highest BCUT2D eigenvalue weighted by Gasteiger charge is 2.48. The molecule has 4 N–H and O–H groups in total. The molecular formula is C28H50N4O8.